The lowest BCUT2D eigenvalue weighted by Crippen LogP contribution is -2.33. The Morgan fingerprint density at radius 3 is 2.39 bits per heavy atom. The summed E-state index contributed by atoms with van der Waals surface area (Å²) in [6.45, 7) is 0.0777. The van der Waals surface area contributed by atoms with Gasteiger partial charge in [0.25, 0.3) is 11.6 Å². The molecule has 1 atom stereocenters. The predicted octanol–water partition coefficient (Wildman–Crippen LogP) is 4.83. The highest BCUT2D eigenvalue weighted by atomic mass is 16.6. The van der Waals surface area contributed by atoms with Gasteiger partial charge in [-0.3, -0.25) is 19.7 Å². The molecular formula is C29H26N2O7. The number of hydrogen-bond donors (Lipinski definition) is 1. The Labute approximate surface area is 219 Å². The summed E-state index contributed by atoms with van der Waals surface area (Å²) >= 11 is 0. The fourth-order valence-corrected chi connectivity index (χ4v) is 4.46. The minimum Gasteiger partial charge on any atom is -0.503 e. The van der Waals surface area contributed by atoms with E-state index in [-0.39, 0.29) is 23.4 Å². The van der Waals surface area contributed by atoms with E-state index in [2.05, 4.69) is 0 Å². The van der Waals surface area contributed by atoms with Crippen LogP contribution in [-0.2, 0) is 16.0 Å². The number of allylic oxidation sites excluding steroid dienone is 1. The smallest absolute Gasteiger partial charge is 0.290 e. The molecule has 9 nitrogen and oxygen atoms in total. The number of amides is 1. The normalized spacial score (nSPS) is 15.3. The van der Waals surface area contributed by atoms with Crippen LogP contribution in [0.2, 0.25) is 0 Å². The van der Waals surface area contributed by atoms with Crippen molar-refractivity contribution >= 4 is 23.5 Å². The van der Waals surface area contributed by atoms with Crippen molar-refractivity contribution in [2.45, 2.75) is 12.5 Å². The van der Waals surface area contributed by atoms with Gasteiger partial charge in [0.1, 0.15) is 0 Å². The molecule has 1 aliphatic heterocycles. The Morgan fingerprint density at radius 1 is 1.03 bits per heavy atom. The average molecular weight is 515 g/mol. The van der Waals surface area contributed by atoms with Crippen molar-refractivity contribution in [3.05, 3.63) is 117 Å². The number of rotatable bonds is 10. The number of carbonyl (C=O) groups is 2. The lowest BCUT2D eigenvalue weighted by atomic mass is 9.94. The van der Waals surface area contributed by atoms with E-state index in [4.69, 9.17) is 9.47 Å². The number of nitro groups is 1. The van der Waals surface area contributed by atoms with Crippen LogP contribution in [0.15, 0.2) is 90.2 Å². The molecule has 194 valence electrons. The fourth-order valence-electron chi connectivity index (χ4n) is 4.46. The van der Waals surface area contributed by atoms with Crippen molar-refractivity contribution in [2.75, 3.05) is 20.8 Å². The first kappa shape index (κ1) is 26.2. The molecule has 0 radical (unpaired) electrons. The SMILES string of the molecule is COc1ccc(CCN2C(=O)C(O)=C(C(=O)/C=C/c3ccccc3)[C@@H]2c2ccccc2[N+](=O)[O-])cc1OC. The van der Waals surface area contributed by atoms with Gasteiger partial charge in [0.2, 0.25) is 0 Å². The zero-order chi connectivity index (χ0) is 27.2. The number of para-hydroxylation sites is 1. The summed E-state index contributed by atoms with van der Waals surface area (Å²) in [4.78, 5) is 39.1. The molecule has 0 bridgehead atoms. The van der Waals surface area contributed by atoms with E-state index in [0.29, 0.717) is 17.9 Å². The van der Waals surface area contributed by atoms with Gasteiger partial charge >= 0.3 is 0 Å². The number of carbonyl (C=O) groups excluding carboxylic acids is 2. The first-order valence-electron chi connectivity index (χ1n) is 11.8. The summed E-state index contributed by atoms with van der Waals surface area (Å²) in [5.41, 5.74) is 1.23. The number of nitro benzene ring substituents is 1. The van der Waals surface area contributed by atoms with E-state index in [1.165, 1.54) is 43.4 Å². The van der Waals surface area contributed by atoms with Gasteiger partial charge in [-0.25, -0.2) is 0 Å². The third-order valence-corrected chi connectivity index (χ3v) is 6.31. The third kappa shape index (κ3) is 5.27. The number of ketones is 1. The van der Waals surface area contributed by atoms with Crippen LogP contribution < -0.4 is 9.47 Å². The van der Waals surface area contributed by atoms with Gasteiger partial charge in [-0.1, -0.05) is 54.6 Å². The van der Waals surface area contributed by atoms with E-state index < -0.39 is 28.4 Å². The highest BCUT2D eigenvalue weighted by Crippen LogP contribution is 2.41. The van der Waals surface area contributed by atoms with Crippen LogP contribution in [0.25, 0.3) is 6.08 Å². The van der Waals surface area contributed by atoms with Gasteiger partial charge in [0, 0.05) is 12.6 Å². The van der Waals surface area contributed by atoms with Crippen molar-refractivity contribution in [3.8, 4) is 11.5 Å². The molecule has 3 aromatic carbocycles. The fraction of sp³-hybridized carbons (Fsp3) is 0.172. The number of aliphatic hydroxyl groups excluding tert-OH is 1. The highest BCUT2D eigenvalue weighted by Gasteiger charge is 2.45. The molecule has 0 saturated heterocycles. The Kier molecular flexibility index (Phi) is 7.86. The Hall–Kier alpha value is -4.92. The van der Waals surface area contributed by atoms with Crippen LogP contribution in [0.3, 0.4) is 0 Å². The van der Waals surface area contributed by atoms with Gasteiger partial charge in [0.05, 0.1) is 36.3 Å². The molecular weight excluding hydrogens is 488 g/mol. The second kappa shape index (κ2) is 11.4. The minimum absolute atomic E-state index is 0.0777. The second-order valence-electron chi connectivity index (χ2n) is 8.53. The summed E-state index contributed by atoms with van der Waals surface area (Å²) in [5.74, 6) is -1.05. The van der Waals surface area contributed by atoms with Crippen molar-refractivity contribution in [1.29, 1.82) is 0 Å². The summed E-state index contributed by atoms with van der Waals surface area (Å²) in [6, 6.07) is 19.1. The van der Waals surface area contributed by atoms with E-state index >= 15 is 0 Å². The number of methoxy groups -OCH3 is 2. The third-order valence-electron chi connectivity index (χ3n) is 6.31. The minimum atomic E-state index is -1.14. The van der Waals surface area contributed by atoms with Gasteiger partial charge in [-0.05, 0) is 41.8 Å². The van der Waals surface area contributed by atoms with Crippen LogP contribution in [0.5, 0.6) is 11.5 Å². The molecule has 1 amide bonds. The Morgan fingerprint density at radius 2 is 1.71 bits per heavy atom. The maximum absolute atomic E-state index is 13.3. The maximum atomic E-state index is 13.3. The summed E-state index contributed by atoms with van der Waals surface area (Å²) in [6.07, 6.45) is 3.15. The lowest BCUT2D eigenvalue weighted by molar-refractivity contribution is -0.385. The Bertz CT molecular complexity index is 1430. The molecule has 0 spiro atoms. The number of hydrogen-bond acceptors (Lipinski definition) is 7. The zero-order valence-electron chi connectivity index (χ0n) is 20.9. The molecule has 1 heterocycles. The Balaban J connectivity index is 1.71. The molecule has 9 heteroatoms. The molecule has 1 aliphatic rings. The van der Waals surface area contributed by atoms with Gasteiger partial charge < -0.3 is 19.5 Å². The van der Waals surface area contributed by atoms with Gasteiger partial charge in [0.15, 0.2) is 23.0 Å². The number of aliphatic hydroxyl groups is 1. The topological polar surface area (TPSA) is 119 Å². The van der Waals surface area contributed by atoms with E-state index in [0.717, 1.165) is 11.1 Å². The summed E-state index contributed by atoms with van der Waals surface area (Å²) in [5, 5.41) is 22.7. The van der Waals surface area contributed by atoms with Crippen LogP contribution in [-0.4, -0.2) is 47.4 Å². The molecule has 4 rings (SSSR count). The van der Waals surface area contributed by atoms with Gasteiger partial charge in [-0.15, -0.1) is 0 Å². The largest absolute Gasteiger partial charge is 0.503 e. The van der Waals surface area contributed by atoms with E-state index in [1.807, 2.05) is 24.3 Å². The number of benzene rings is 3. The molecule has 1 N–H and O–H groups in total. The molecule has 0 unspecified atom stereocenters. The first-order valence-corrected chi connectivity index (χ1v) is 11.8. The van der Waals surface area contributed by atoms with Crippen LogP contribution in [0, 0.1) is 10.1 Å². The molecule has 0 aliphatic carbocycles. The van der Waals surface area contributed by atoms with Gasteiger partial charge in [-0.2, -0.15) is 0 Å². The van der Waals surface area contributed by atoms with Crippen molar-refractivity contribution < 1.29 is 29.1 Å². The standard InChI is InChI=1S/C29H26N2O7/c1-37-24-15-13-20(18-25(24)38-2)16-17-30-27(21-10-6-7-11-22(21)31(35)36)26(28(33)29(30)34)23(32)14-12-19-8-4-3-5-9-19/h3-15,18,27,33H,16-17H2,1-2H3/b14-12+/t27-/m0/s1. The summed E-state index contributed by atoms with van der Waals surface area (Å²) in [7, 11) is 3.04. The molecule has 0 saturated carbocycles. The first-order chi connectivity index (χ1) is 18.3. The van der Waals surface area contributed by atoms with Crippen molar-refractivity contribution in [2.24, 2.45) is 0 Å². The van der Waals surface area contributed by atoms with Crippen LogP contribution in [0.1, 0.15) is 22.7 Å². The highest BCUT2D eigenvalue weighted by molar-refractivity contribution is 6.14. The molecule has 0 fully saturated rings. The second-order valence-corrected chi connectivity index (χ2v) is 8.53. The molecule has 0 aromatic heterocycles. The quantitative estimate of drug-likeness (QED) is 0.234. The molecule has 3 aromatic rings. The van der Waals surface area contributed by atoms with Crippen LogP contribution in [0.4, 0.5) is 5.69 Å². The maximum Gasteiger partial charge on any atom is 0.290 e. The monoisotopic (exact) mass is 514 g/mol. The number of nitrogens with zero attached hydrogens (tertiary/aromatic N) is 2. The summed E-state index contributed by atoms with van der Waals surface area (Å²) < 4.78 is 10.6. The lowest BCUT2D eigenvalue weighted by Gasteiger charge is -2.26. The van der Waals surface area contributed by atoms with Crippen LogP contribution >= 0.6 is 0 Å². The predicted molar refractivity (Wildman–Crippen MR) is 141 cm³/mol. The van der Waals surface area contributed by atoms with E-state index in [9.17, 15) is 24.8 Å². The van der Waals surface area contributed by atoms with Crippen molar-refractivity contribution in [1.82, 2.24) is 4.90 Å². The van der Waals surface area contributed by atoms with E-state index in [1.54, 1.807) is 36.4 Å². The zero-order valence-corrected chi connectivity index (χ0v) is 20.9. The average Bonchev–Trinajstić information content (AvgIpc) is 3.20. The van der Waals surface area contributed by atoms with Crippen molar-refractivity contribution in [3.63, 3.8) is 0 Å². The molecule has 38 heavy (non-hydrogen) atoms. The number of ether oxygens (including phenoxy) is 2.